The highest BCUT2D eigenvalue weighted by molar-refractivity contribution is 7.80. The molecule has 6 nitrogen and oxygen atoms in total. The monoisotopic (exact) mass is 418 g/mol. The van der Waals surface area contributed by atoms with Gasteiger partial charge in [-0.25, -0.2) is 9.59 Å². The van der Waals surface area contributed by atoms with Crippen molar-refractivity contribution in [2.75, 3.05) is 24.9 Å². The van der Waals surface area contributed by atoms with E-state index in [2.05, 4.69) is 10.6 Å². The van der Waals surface area contributed by atoms with Gasteiger partial charge in [-0.15, -0.1) is 11.3 Å². The maximum atomic E-state index is 12.4. The first-order valence-corrected chi connectivity index (χ1v) is 10.2. The van der Waals surface area contributed by atoms with Gasteiger partial charge in [-0.05, 0) is 67.7 Å². The molecule has 0 fully saturated rings. The number of methoxy groups -OCH3 is 2. The van der Waals surface area contributed by atoms with Crippen molar-refractivity contribution in [3.63, 3.8) is 0 Å². The lowest BCUT2D eigenvalue weighted by molar-refractivity contribution is 0.0592. The van der Waals surface area contributed by atoms with E-state index < -0.39 is 5.97 Å². The van der Waals surface area contributed by atoms with Crippen LogP contribution in [-0.4, -0.2) is 31.3 Å². The third-order valence-electron chi connectivity index (χ3n) is 4.60. The average Bonchev–Trinajstić information content (AvgIpc) is 2.87. The minimum atomic E-state index is -0.393. The minimum absolute atomic E-state index is 0.341. The summed E-state index contributed by atoms with van der Waals surface area (Å²) in [6, 6.07) is 6.80. The molecule has 2 aromatic rings. The number of esters is 2. The van der Waals surface area contributed by atoms with Crippen molar-refractivity contribution in [2.45, 2.75) is 32.1 Å². The van der Waals surface area contributed by atoms with E-state index >= 15 is 0 Å². The molecule has 148 valence electrons. The summed E-state index contributed by atoms with van der Waals surface area (Å²) in [5, 5.41) is 7.30. The van der Waals surface area contributed by atoms with Gasteiger partial charge < -0.3 is 20.1 Å². The Labute approximate surface area is 173 Å². The van der Waals surface area contributed by atoms with Crippen LogP contribution in [-0.2, 0) is 22.3 Å². The highest BCUT2D eigenvalue weighted by atomic mass is 32.1. The van der Waals surface area contributed by atoms with Crippen LogP contribution in [0.15, 0.2) is 24.3 Å². The van der Waals surface area contributed by atoms with E-state index in [0.717, 1.165) is 36.9 Å². The molecule has 2 N–H and O–H groups in total. The third-order valence-corrected chi connectivity index (χ3v) is 6.01. The van der Waals surface area contributed by atoms with Crippen LogP contribution in [0.4, 0.5) is 10.7 Å². The van der Waals surface area contributed by atoms with Crippen LogP contribution in [0, 0.1) is 0 Å². The van der Waals surface area contributed by atoms with Crippen LogP contribution < -0.4 is 10.6 Å². The fourth-order valence-electron chi connectivity index (χ4n) is 3.22. The Morgan fingerprint density at radius 3 is 2.32 bits per heavy atom. The third kappa shape index (κ3) is 4.51. The lowest BCUT2D eigenvalue weighted by atomic mass is 10.1. The second kappa shape index (κ2) is 9.16. The van der Waals surface area contributed by atoms with Gasteiger partial charge in [0.25, 0.3) is 0 Å². The topological polar surface area (TPSA) is 76.7 Å². The van der Waals surface area contributed by atoms with Gasteiger partial charge >= 0.3 is 11.9 Å². The predicted octanol–water partition coefficient (Wildman–Crippen LogP) is 4.40. The molecule has 0 saturated heterocycles. The molecule has 8 heteroatoms. The van der Waals surface area contributed by atoms with E-state index in [1.165, 1.54) is 25.5 Å². The van der Waals surface area contributed by atoms with Gasteiger partial charge in [0, 0.05) is 10.6 Å². The SMILES string of the molecule is COC(=O)c1ccc(NC(=S)Nc2sc3c(c2C(=O)OC)CCCCC3)cc1. The predicted molar refractivity (Wildman–Crippen MR) is 115 cm³/mol. The standard InChI is InChI=1S/C20H22N2O4S2/c1-25-18(23)12-8-10-13(11-9-12)21-20(27)22-17-16(19(24)26-2)14-6-4-3-5-7-15(14)28-17/h8-11H,3-7H2,1-2H3,(H2,21,22,27). The molecule has 0 bridgehead atoms. The van der Waals surface area contributed by atoms with Crippen molar-refractivity contribution in [3.8, 4) is 0 Å². The minimum Gasteiger partial charge on any atom is -0.465 e. The number of aryl methyl sites for hydroxylation is 1. The second-order valence-corrected chi connectivity index (χ2v) is 7.92. The Bertz CT molecular complexity index is 890. The van der Waals surface area contributed by atoms with Gasteiger partial charge in [-0.3, -0.25) is 0 Å². The van der Waals surface area contributed by atoms with Crippen molar-refractivity contribution in [1.82, 2.24) is 0 Å². The quantitative estimate of drug-likeness (QED) is 0.433. The van der Waals surface area contributed by atoms with Gasteiger partial charge in [0.2, 0.25) is 0 Å². The Morgan fingerprint density at radius 1 is 0.964 bits per heavy atom. The molecule has 0 amide bonds. The lowest BCUT2D eigenvalue weighted by Crippen LogP contribution is -2.20. The number of nitrogens with one attached hydrogen (secondary N) is 2. The van der Waals surface area contributed by atoms with E-state index in [0.29, 0.717) is 21.2 Å². The Hall–Kier alpha value is -2.45. The van der Waals surface area contributed by atoms with Crippen LogP contribution in [0.2, 0.25) is 0 Å². The Balaban J connectivity index is 1.76. The van der Waals surface area contributed by atoms with E-state index in [1.54, 1.807) is 35.6 Å². The largest absolute Gasteiger partial charge is 0.465 e. The molecule has 28 heavy (non-hydrogen) atoms. The summed E-state index contributed by atoms with van der Waals surface area (Å²) in [5.74, 6) is -0.734. The number of carbonyl (C=O) groups is 2. The zero-order valence-electron chi connectivity index (χ0n) is 15.8. The van der Waals surface area contributed by atoms with E-state index in [-0.39, 0.29) is 5.97 Å². The smallest absolute Gasteiger partial charge is 0.341 e. The molecule has 0 spiro atoms. The van der Waals surface area contributed by atoms with Crippen LogP contribution >= 0.6 is 23.6 Å². The van der Waals surface area contributed by atoms with Gasteiger partial charge in [0.05, 0.1) is 25.3 Å². The van der Waals surface area contributed by atoms with Crippen molar-refractivity contribution in [2.24, 2.45) is 0 Å². The summed E-state index contributed by atoms with van der Waals surface area (Å²) in [5.41, 5.74) is 2.86. The number of fused-ring (bicyclic) bond motifs is 1. The normalized spacial score (nSPS) is 13.1. The van der Waals surface area contributed by atoms with Crippen molar-refractivity contribution >= 4 is 51.3 Å². The maximum absolute atomic E-state index is 12.4. The maximum Gasteiger partial charge on any atom is 0.341 e. The molecule has 0 saturated carbocycles. The molecule has 3 rings (SSSR count). The highest BCUT2D eigenvalue weighted by Gasteiger charge is 2.25. The lowest BCUT2D eigenvalue weighted by Gasteiger charge is -2.11. The summed E-state index contributed by atoms with van der Waals surface area (Å²) in [7, 11) is 2.74. The fraction of sp³-hybridized carbons (Fsp3) is 0.350. The number of anilines is 2. The second-order valence-electron chi connectivity index (χ2n) is 6.41. The molecule has 1 aromatic carbocycles. The summed E-state index contributed by atoms with van der Waals surface area (Å²) in [4.78, 5) is 25.1. The summed E-state index contributed by atoms with van der Waals surface area (Å²) in [6.45, 7) is 0. The molecule has 0 atom stereocenters. The summed E-state index contributed by atoms with van der Waals surface area (Å²) in [6.07, 6.45) is 5.23. The van der Waals surface area contributed by atoms with E-state index in [4.69, 9.17) is 21.7 Å². The first-order valence-electron chi connectivity index (χ1n) is 9.02. The zero-order chi connectivity index (χ0) is 20.1. The average molecular weight is 419 g/mol. The van der Waals surface area contributed by atoms with Gasteiger partial charge in [0.1, 0.15) is 5.00 Å². The molecule has 0 aliphatic heterocycles. The molecular formula is C20H22N2O4S2. The van der Waals surface area contributed by atoms with Gasteiger partial charge in [0.15, 0.2) is 5.11 Å². The number of hydrogen-bond donors (Lipinski definition) is 2. The van der Waals surface area contributed by atoms with E-state index in [9.17, 15) is 9.59 Å². The van der Waals surface area contributed by atoms with Gasteiger partial charge in [-0.1, -0.05) is 6.42 Å². The van der Waals surface area contributed by atoms with Crippen molar-refractivity contribution in [3.05, 3.63) is 45.8 Å². The molecule has 0 unspecified atom stereocenters. The van der Waals surface area contributed by atoms with Crippen LogP contribution in [0.5, 0.6) is 0 Å². The molecule has 1 aliphatic carbocycles. The first kappa shape index (κ1) is 20.3. The van der Waals surface area contributed by atoms with Gasteiger partial charge in [-0.2, -0.15) is 0 Å². The van der Waals surface area contributed by atoms with Crippen molar-refractivity contribution in [1.29, 1.82) is 0 Å². The summed E-state index contributed by atoms with van der Waals surface area (Å²) < 4.78 is 9.70. The fourth-order valence-corrected chi connectivity index (χ4v) is 4.79. The van der Waals surface area contributed by atoms with E-state index in [1.807, 2.05) is 0 Å². The zero-order valence-corrected chi connectivity index (χ0v) is 17.4. The Kier molecular flexibility index (Phi) is 6.64. The summed E-state index contributed by atoms with van der Waals surface area (Å²) >= 11 is 6.98. The van der Waals surface area contributed by atoms with Crippen LogP contribution in [0.3, 0.4) is 0 Å². The molecule has 0 radical (unpaired) electrons. The van der Waals surface area contributed by atoms with Crippen molar-refractivity contribution < 1.29 is 19.1 Å². The number of rotatable bonds is 4. The number of carbonyl (C=O) groups excluding carboxylic acids is 2. The number of thiocarbonyl (C=S) groups is 1. The molecule has 1 heterocycles. The highest BCUT2D eigenvalue weighted by Crippen LogP contribution is 2.38. The number of thiophene rings is 1. The first-order chi connectivity index (χ1) is 13.5. The molecular weight excluding hydrogens is 396 g/mol. The number of ether oxygens (including phenoxy) is 2. The van der Waals surface area contributed by atoms with Crippen LogP contribution in [0.1, 0.15) is 50.4 Å². The molecule has 1 aliphatic rings. The van der Waals surface area contributed by atoms with Crippen LogP contribution in [0.25, 0.3) is 0 Å². The number of benzene rings is 1. The molecule has 1 aromatic heterocycles. The Morgan fingerprint density at radius 2 is 1.64 bits per heavy atom. The number of hydrogen-bond acceptors (Lipinski definition) is 6.